The number of hydrogen-bond acceptors (Lipinski definition) is 6. The minimum Gasteiger partial charge on any atom is -0.378 e. The molecule has 0 spiro atoms. The average Bonchev–Trinajstić information content (AvgIpc) is 3.20. The number of pyridine rings is 1. The van der Waals surface area contributed by atoms with E-state index < -0.39 is 0 Å². The van der Waals surface area contributed by atoms with E-state index in [-0.39, 0.29) is 18.0 Å². The fourth-order valence-electron chi connectivity index (χ4n) is 3.77. The molecule has 0 aromatic carbocycles. The van der Waals surface area contributed by atoms with Crippen LogP contribution in [0.5, 0.6) is 0 Å². The van der Waals surface area contributed by atoms with Gasteiger partial charge in [-0.2, -0.15) is 0 Å². The highest BCUT2D eigenvalue weighted by Crippen LogP contribution is 2.19. The molecule has 1 unspecified atom stereocenters. The third kappa shape index (κ3) is 6.04. The van der Waals surface area contributed by atoms with Gasteiger partial charge in [0.25, 0.3) is 0 Å². The van der Waals surface area contributed by atoms with Crippen molar-refractivity contribution in [3.8, 4) is 0 Å². The van der Waals surface area contributed by atoms with Crippen LogP contribution in [0.15, 0.2) is 18.3 Å². The zero-order valence-corrected chi connectivity index (χ0v) is 17.4. The molecule has 29 heavy (non-hydrogen) atoms. The van der Waals surface area contributed by atoms with Gasteiger partial charge in [0, 0.05) is 40.3 Å². The molecule has 0 saturated carbocycles. The Morgan fingerprint density at radius 2 is 2.03 bits per heavy atom. The first-order chi connectivity index (χ1) is 14.0. The molecule has 0 aliphatic carbocycles. The van der Waals surface area contributed by atoms with Gasteiger partial charge >= 0.3 is 6.03 Å². The highest BCUT2D eigenvalue weighted by atomic mass is 16.5. The number of nitrogens with zero attached hydrogens (tertiary/aromatic N) is 4. The molecule has 2 aliphatic rings. The van der Waals surface area contributed by atoms with Crippen molar-refractivity contribution in [1.82, 2.24) is 20.1 Å². The Morgan fingerprint density at radius 3 is 2.72 bits per heavy atom. The number of carbonyl (C=O) groups is 2. The molecule has 2 fully saturated rings. The predicted octanol–water partition coefficient (Wildman–Crippen LogP) is 0.982. The molecule has 1 atom stereocenters. The van der Waals surface area contributed by atoms with Crippen LogP contribution in [0.4, 0.5) is 16.3 Å². The Morgan fingerprint density at radius 1 is 1.24 bits per heavy atom. The average molecular weight is 405 g/mol. The standard InChI is InChI=1S/C20H32N6O3/c1-24(2)19(27)17-5-3-9-25(17)10-4-8-21-20(28)23-16-6-7-18(22-15-16)26-11-13-29-14-12-26/h6-7,15,17H,3-5,8-14H2,1-2H3,(H2,21,23,28). The first-order valence-electron chi connectivity index (χ1n) is 10.3. The molecule has 2 saturated heterocycles. The SMILES string of the molecule is CN(C)C(=O)C1CCCN1CCCNC(=O)Nc1ccc(N2CCOCC2)nc1. The fourth-order valence-corrected chi connectivity index (χ4v) is 3.77. The second-order valence-electron chi connectivity index (χ2n) is 7.67. The summed E-state index contributed by atoms with van der Waals surface area (Å²) in [4.78, 5) is 34.8. The smallest absolute Gasteiger partial charge is 0.319 e. The van der Waals surface area contributed by atoms with Crippen LogP contribution >= 0.6 is 0 Å². The number of likely N-dealkylation sites (tertiary alicyclic amines) is 1. The number of amides is 3. The third-order valence-corrected chi connectivity index (χ3v) is 5.34. The van der Waals surface area contributed by atoms with E-state index in [9.17, 15) is 9.59 Å². The molecule has 3 amide bonds. The highest BCUT2D eigenvalue weighted by Gasteiger charge is 2.30. The van der Waals surface area contributed by atoms with Gasteiger partial charge in [0.2, 0.25) is 5.91 Å². The Hall–Kier alpha value is -2.39. The molecule has 1 aromatic heterocycles. The quantitative estimate of drug-likeness (QED) is 0.659. The molecular weight excluding hydrogens is 372 g/mol. The topological polar surface area (TPSA) is 90.0 Å². The molecule has 2 N–H and O–H groups in total. The second kappa shape index (κ2) is 10.4. The number of anilines is 2. The van der Waals surface area contributed by atoms with Crippen molar-refractivity contribution in [3.05, 3.63) is 18.3 Å². The van der Waals surface area contributed by atoms with Crippen LogP contribution < -0.4 is 15.5 Å². The lowest BCUT2D eigenvalue weighted by Crippen LogP contribution is -2.43. The molecule has 1 aromatic rings. The van der Waals surface area contributed by atoms with E-state index in [1.54, 1.807) is 25.2 Å². The van der Waals surface area contributed by atoms with E-state index in [4.69, 9.17) is 4.74 Å². The van der Waals surface area contributed by atoms with Crippen LogP contribution in [0, 0.1) is 0 Å². The van der Waals surface area contributed by atoms with Crippen LogP contribution in [0.1, 0.15) is 19.3 Å². The number of likely N-dealkylation sites (N-methyl/N-ethyl adjacent to an activating group) is 1. The normalized spacial score (nSPS) is 19.8. The number of nitrogens with one attached hydrogen (secondary N) is 2. The lowest BCUT2D eigenvalue weighted by Gasteiger charge is -2.27. The molecule has 0 radical (unpaired) electrons. The van der Waals surface area contributed by atoms with Gasteiger partial charge < -0.3 is 25.2 Å². The van der Waals surface area contributed by atoms with E-state index >= 15 is 0 Å². The molecule has 9 heteroatoms. The minimum atomic E-state index is -0.242. The van der Waals surface area contributed by atoms with Gasteiger partial charge in [0.05, 0.1) is 31.1 Å². The summed E-state index contributed by atoms with van der Waals surface area (Å²) in [5, 5.41) is 5.69. The molecule has 9 nitrogen and oxygen atoms in total. The van der Waals surface area contributed by atoms with E-state index in [1.807, 2.05) is 12.1 Å². The van der Waals surface area contributed by atoms with Gasteiger partial charge in [0.1, 0.15) is 5.82 Å². The maximum absolute atomic E-state index is 12.2. The van der Waals surface area contributed by atoms with E-state index in [0.717, 1.165) is 51.3 Å². The van der Waals surface area contributed by atoms with Crippen LogP contribution in [0.3, 0.4) is 0 Å². The number of hydrogen-bond donors (Lipinski definition) is 2. The van der Waals surface area contributed by atoms with Gasteiger partial charge in [-0.25, -0.2) is 9.78 Å². The third-order valence-electron chi connectivity index (χ3n) is 5.34. The van der Waals surface area contributed by atoms with Crippen molar-refractivity contribution in [2.75, 3.05) is 70.2 Å². The molecule has 2 aliphatic heterocycles. The number of aromatic nitrogens is 1. The lowest BCUT2D eigenvalue weighted by atomic mass is 10.2. The second-order valence-corrected chi connectivity index (χ2v) is 7.67. The molecule has 3 heterocycles. The summed E-state index contributed by atoms with van der Waals surface area (Å²) in [5.74, 6) is 1.06. The number of rotatable bonds is 7. The van der Waals surface area contributed by atoms with E-state index in [1.165, 1.54) is 0 Å². The zero-order valence-electron chi connectivity index (χ0n) is 17.4. The maximum Gasteiger partial charge on any atom is 0.319 e. The van der Waals surface area contributed by atoms with E-state index in [2.05, 4.69) is 25.4 Å². The monoisotopic (exact) mass is 404 g/mol. The van der Waals surface area contributed by atoms with Crippen molar-refractivity contribution >= 4 is 23.4 Å². The van der Waals surface area contributed by atoms with Gasteiger partial charge in [0.15, 0.2) is 0 Å². The first-order valence-corrected chi connectivity index (χ1v) is 10.3. The molecule has 3 rings (SSSR count). The lowest BCUT2D eigenvalue weighted by molar-refractivity contribution is -0.133. The molecule has 160 valence electrons. The fraction of sp³-hybridized carbons (Fsp3) is 0.650. The Labute approximate surface area is 172 Å². The van der Waals surface area contributed by atoms with Crippen LogP contribution in [0.25, 0.3) is 0 Å². The van der Waals surface area contributed by atoms with Gasteiger partial charge in [-0.1, -0.05) is 0 Å². The summed E-state index contributed by atoms with van der Waals surface area (Å²) in [7, 11) is 3.60. The minimum absolute atomic E-state index is 0.0186. The zero-order chi connectivity index (χ0) is 20.6. The largest absolute Gasteiger partial charge is 0.378 e. The number of morpholine rings is 1. The van der Waals surface area contributed by atoms with Crippen molar-refractivity contribution < 1.29 is 14.3 Å². The highest BCUT2D eigenvalue weighted by molar-refractivity contribution is 5.89. The van der Waals surface area contributed by atoms with Crippen molar-refractivity contribution in [1.29, 1.82) is 0 Å². The summed E-state index contributed by atoms with van der Waals surface area (Å²) in [6, 6.07) is 3.51. The number of carbonyl (C=O) groups excluding carboxylic acids is 2. The van der Waals surface area contributed by atoms with Crippen LogP contribution in [-0.2, 0) is 9.53 Å². The summed E-state index contributed by atoms with van der Waals surface area (Å²) in [6.45, 7) is 5.40. The van der Waals surface area contributed by atoms with Gasteiger partial charge in [-0.05, 0) is 37.9 Å². The number of ether oxygens (including phenoxy) is 1. The van der Waals surface area contributed by atoms with Crippen molar-refractivity contribution in [2.45, 2.75) is 25.3 Å². The summed E-state index contributed by atoms with van der Waals surface area (Å²) in [5.41, 5.74) is 0.663. The molecular formula is C20H32N6O3. The van der Waals surface area contributed by atoms with Crippen LogP contribution in [-0.4, -0.2) is 92.8 Å². The summed E-state index contributed by atoms with van der Waals surface area (Å²) in [6.07, 6.45) is 4.44. The number of urea groups is 1. The summed E-state index contributed by atoms with van der Waals surface area (Å²) < 4.78 is 5.35. The van der Waals surface area contributed by atoms with Gasteiger partial charge in [-0.15, -0.1) is 0 Å². The maximum atomic E-state index is 12.2. The predicted molar refractivity (Wildman–Crippen MR) is 112 cm³/mol. The Kier molecular flexibility index (Phi) is 7.65. The summed E-state index contributed by atoms with van der Waals surface area (Å²) >= 11 is 0. The Balaban J connectivity index is 1.36. The van der Waals surface area contributed by atoms with E-state index in [0.29, 0.717) is 25.4 Å². The Bertz CT molecular complexity index is 675. The first kappa shape index (κ1) is 21.3. The molecule has 0 bridgehead atoms. The van der Waals surface area contributed by atoms with Crippen molar-refractivity contribution in [3.63, 3.8) is 0 Å². The van der Waals surface area contributed by atoms with Gasteiger partial charge in [-0.3, -0.25) is 9.69 Å². The van der Waals surface area contributed by atoms with Crippen molar-refractivity contribution in [2.24, 2.45) is 0 Å². The van der Waals surface area contributed by atoms with Crippen LogP contribution in [0.2, 0.25) is 0 Å².